The van der Waals surface area contributed by atoms with E-state index in [0.717, 1.165) is 12.1 Å². The van der Waals surface area contributed by atoms with Crippen molar-refractivity contribution in [3.8, 4) is 0 Å². The molecule has 0 amide bonds. The van der Waals surface area contributed by atoms with Crippen molar-refractivity contribution in [3.63, 3.8) is 0 Å². The molecule has 122 valence electrons. The lowest BCUT2D eigenvalue weighted by atomic mass is 9.97. The molecule has 1 aromatic rings. The molecule has 0 aromatic heterocycles. The van der Waals surface area contributed by atoms with Crippen LogP contribution in [0.5, 0.6) is 0 Å². The summed E-state index contributed by atoms with van der Waals surface area (Å²) in [4.78, 5) is 6.06. The van der Waals surface area contributed by atoms with Crippen LogP contribution in [-0.4, -0.2) is 32.6 Å². The first-order chi connectivity index (χ1) is 10.1. The van der Waals surface area contributed by atoms with Gasteiger partial charge in [0.25, 0.3) is 0 Å². The molecule has 0 radical (unpaired) electrons. The summed E-state index contributed by atoms with van der Waals surface area (Å²) in [7, 11) is -2.90. The zero-order chi connectivity index (χ0) is 16.5. The predicted octanol–water partition coefficient (Wildman–Crippen LogP) is 4.75. The summed E-state index contributed by atoms with van der Waals surface area (Å²) in [5, 5.41) is 4.50. The average Bonchev–Trinajstić information content (AvgIpc) is 2.39. The first-order valence-electron chi connectivity index (χ1n) is 8.18. The molecule has 5 heteroatoms. The molecule has 22 heavy (non-hydrogen) atoms. The molecule has 0 spiro atoms. The Kier molecular flexibility index (Phi) is 4.99. The van der Waals surface area contributed by atoms with E-state index in [1.165, 1.54) is 5.56 Å². The molecule has 1 aromatic carbocycles. The van der Waals surface area contributed by atoms with Crippen LogP contribution in [-0.2, 0) is 4.84 Å². The van der Waals surface area contributed by atoms with Crippen LogP contribution < -0.4 is 0 Å². The maximum atomic E-state index is 6.06. The van der Waals surface area contributed by atoms with Crippen molar-refractivity contribution < 1.29 is 4.84 Å². The van der Waals surface area contributed by atoms with Gasteiger partial charge in [-0.2, -0.15) is 0 Å². The van der Waals surface area contributed by atoms with Gasteiger partial charge < -0.3 is 9.07 Å². The van der Waals surface area contributed by atoms with E-state index >= 15 is 0 Å². The molecule has 2 atom stereocenters. The fourth-order valence-corrected chi connectivity index (χ4v) is 13.7. The Morgan fingerprint density at radius 1 is 1.00 bits per heavy atom. The van der Waals surface area contributed by atoms with E-state index in [4.69, 9.17) is 4.84 Å². The molecule has 1 aliphatic heterocycles. The van der Waals surface area contributed by atoms with Crippen molar-refractivity contribution >= 4 is 22.2 Å². The van der Waals surface area contributed by atoms with Crippen LogP contribution in [0.25, 0.3) is 0 Å². The Balaban J connectivity index is 2.27. The molecule has 3 nitrogen and oxygen atoms in total. The maximum absolute atomic E-state index is 6.06. The van der Waals surface area contributed by atoms with Gasteiger partial charge in [0, 0.05) is 12.3 Å². The van der Waals surface area contributed by atoms with Crippen LogP contribution in [0, 0.1) is 5.92 Å². The van der Waals surface area contributed by atoms with Gasteiger partial charge in [-0.15, -0.1) is 0 Å². The number of oxime groups is 1. The van der Waals surface area contributed by atoms with Gasteiger partial charge in [-0.1, -0.05) is 81.7 Å². The van der Waals surface area contributed by atoms with Gasteiger partial charge in [-0.05, 0) is 5.56 Å². The molecule has 0 saturated heterocycles. The first kappa shape index (κ1) is 17.4. The molecule has 0 fully saturated rings. The van der Waals surface area contributed by atoms with Gasteiger partial charge in [0.15, 0.2) is 6.23 Å². The minimum atomic E-state index is -1.45. The number of hydrogen-bond donors (Lipinski definition) is 0. The summed E-state index contributed by atoms with van der Waals surface area (Å²) in [5.41, 5.74) is 2.26. The molecule has 0 aliphatic carbocycles. The van der Waals surface area contributed by atoms with E-state index < -0.39 is 16.5 Å². The monoisotopic (exact) mass is 334 g/mol. The maximum Gasteiger partial charge on any atom is 0.172 e. The predicted molar refractivity (Wildman–Crippen MR) is 100 cm³/mol. The van der Waals surface area contributed by atoms with Gasteiger partial charge in [0.05, 0.1) is 5.71 Å². The normalized spacial score (nSPS) is 23.2. The SMILES string of the molecule is C[C@H]1CC(c2ccccc2)=NO[C@@H]1N([Si](C)(C)C)[Si](C)(C)C. The van der Waals surface area contributed by atoms with E-state index in [1.807, 2.05) is 6.07 Å². The molecular weight excluding hydrogens is 304 g/mol. The van der Waals surface area contributed by atoms with E-state index in [1.54, 1.807) is 0 Å². The zero-order valence-electron chi connectivity index (χ0n) is 15.1. The van der Waals surface area contributed by atoms with Gasteiger partial charge in [0.1, 0.15) is 16.5 Å². The largest absolute Gasteiger partial charge is 0.377 e. The number of hydrogen-bond acceptors (Lipinski definition) is 3. The summed E-state index contributed by atoms with van der Waals surface area (Å²) in [5.74, 6) is 0.464. The Bertz CT molecular complexity index is 518. The minimum Gasteiger partial charge on any atom is -0.377 e. The van der Waals surface area contributed by atoms with E-state index in [-0.39, 0.29) is 6.23 Å². The molecule has 0 N–H and O–H groups in total. The van der Waals surface area contributed by atoms with Crippen molar-refractivity contribution in [1.82, 2.24) is 4.23 Å². The Hall–Kier alpha value is -0.916. The van der Waals surface area contributed by atoms with Crippen LogP contribution in [0.15, 0.2) is 35.5 Å². The number of rotatable bonds is 4. The van der Waals surface area contributed by atoms with Crippen LogP contribution in [0.3, 0.4) is 0 Å². The first-order valence-corrected chi connectivity index (χ1v) is 15.1. The summed E-state index contributed by atoms with van der Waals surface area (Å²) in [6, 6.07) is 10.4. The van der Waals surface area contributed by atoms with Crippen LogP contribution in [0.4, 0.5) is 0 Å². The summed E-state index contributed by atoms with van der Waals surface area (Å²) in [6.45, 7) is 16.8. The second-order valence-electron chi connectivity index (χ2n) is 8.29. The van der Waals surface area contributed by atoms with Crippen molar-refractivity contribution in [2.75, 3.05) is 0 Å². The van der Waals surface area contributed by atoms with Crippen molar-refractivity contribution in [1.29, 1.82) is 0 Å². The summed E-state index contributed by atoms with van der Waals surface area (Å²) in [6.07, 6.45) is 1.12. The molecule has 2 rings (SSSR count). The molecule has 0 saturated carbocycles. The smallest absolute Gasteiger partial charge is 0.172 e. The third-order valence-electron chi connectivity index (χ3n) is 4.08. The Morgan fingerprint density at radius 3 is 2.00 bits per heavy atom. The van der Waals surface area contributed by atoms with Crippen molar-refractivity contribution in [2.24, 2.45) is 11.1 Å². The summed E-state index contributed by atoms with van der Waals surface area (Å²) >= 11 is 0. The minimum absolute atomic E-state index is 0.130. The number of nitrogens with zero attached hydrogens (tertiary/aromatic N) is 2. The number of benzene rings is 1. The third kappa shape index (κ3) is 3.88. The topological polar surface area (TPSA) is 24.8 Å². The van der Waals surface area contributed by atoms with Gasteiger partial charge >= 0.3 is 0 Å². The Morgan fingerprint density at radius 2 is 1.55 bits per heavy atom. The second-order valence-corrected chi connectivity index (χ2v) is 18.4. The molecule has 0 bridgehead atoms. The second kappa shape index (κ2) is 6.30. The fraction of sp³-hybridized carbons (Fsp3) is 0.588. The highest BCUT2D eigenvalue weighted by atomic mass is 28.4. The molecule has 0 unspecified atom stereocenters. The van der Waals surface area contributed by atoms with Gasteiger partial charge in [-0.25, -0.2) is 0 Å². The lowest BCUT2D eigenvalue weighted by Gasteiger charge is -2.49. The average molecular weight is 335 g/mol. The fourth-order valence-electron chi connectivity index (χ4n) is 3.54. The standard InChI is InChI=1S/C17H30N2OSi2/c1-14-13-16(15-11-9-8-10-12-15)18-20-17(14)19(21(2,3)4)22(5,6)7/h8-12,14,17H,13H2,1-7H3/t14-,17-/m0/s1. The van der Waals surface area contributed by atoms with E-state index in [2.05, 4.69) is 79.9 Å². The lowest BCUT2D eigenvalue weighted by Crippen LogP contribution is -2.65. The molecule has 1 heterocycles. The zero-order valence-corrected chi connectivity index (χ0v) is 17.1. The van der Waals surface area contributed by atoms with Crippen LogP contribution in [0.2, 0.25) is 39.3 Å². The Labute approximate surface area is 137 Å². The van der Waals surface area contributed by atoms with Crippen molar-refractivity contribution in [2.45, 2.75) is 58.9 Å². The highest BCUT2D eigenvalue weighted by molar-refractivity contribution is 6.89. The highest BCUT2D eigenvalue weighted by Crippen LogP contribution is 2.32. The van der Waals surface area contributed by atoms with Gasteiger partial charge in [0.2, 0.25) is 0 Å². The highest BCUT2D eigenvalue weighted by Gasteiger charge is 2.44. The quantitative estimate of drug-likeness (QED) is 0.743. The van der Waals surface area contributed by atoms with Crippen LogP contribution >= 0.6 is 0 Å². The van der Waals surface area contributed by atoms with Crippen molar-refractivity contribution in [3.05, 3.63) is 35.9 Å². The molecule has 1 aliphatic rings. The van der Waals surface area contributed by atoms with E-state index in [0.29, 0.717) is 5.92 Å². The van der Waals surface area contributed by atoms with E-state index in [9.17, 15) is 0 Å². The third-order valence-corrected chi connectivity index (χ3v) is 11.5. The van der Waals surface area contributed by atoms with Crippen LogP contribution in [0.1, 0.15) is 18.9 Å². The molecular formula is C17H30N2OSi2. The van der Waals surface area contributed by atoms with Gasteiger partial charge in [-0.3, -0.25) is 0 Å². The lowest BCUT2D eigenvalue weighted by molar-refractivity contribution is -0.0391. The summed E-state index contributed by atoms with van der Waals surface area (Å²) < 4.78 is 2.72.